The maximum Gasteiger partial charge on any atom is 0.251 e. The number of nitrogens with one attached hydrogen (secondary N) is 1. The zero-order valence-electron chi connectivity index (χ0n) is 13.6. The van der Waals surface area contributed by atoms with Crippen molar-refractivity contribution in [1.82, 2.24) is 5.32 Å². The Morgan fingerprint density at radius 1 is 1.04 bits per heavy atom. The normalized spacial score (nSPS) is 12.5. The zero-order valence-corrected chi connectivity index (χ0v) is 16.0. The number of amides is 1. The molecule has 26 heavy (non-hydrogen) atoms. The van der Waals surface area contributed by atoms with Crippen LogP contribution in [0.4, 0.5) is 0 Å². The Kier molecular flexibility index (Phi) is 5.76. The van der Waals surface area contributed by atoms with Crippen LogP contribution in [0.2, 0.25) is 5.02 Å². The molecule has 1 aromatic heterocycles. The third-order valence-corrected chi connectivity index (χ3v) is 7.62. The summed E-state index contributed by atoms with van der Waals surface area (Å²) >= 11 is 7.08. The maximum atomic E-state index is 13.0. The first-order valence-corrected chi connectivity index (χ1v) is 10.6. The van der Waals surface area contributed by atoms with Gasteiger partial charge in [-0.1, -0.05) is 54.1 Å². The molecule has 0 aliphatic carbocycles. The van der Waals surface area contributed by atoms with Gasteiger partial charge in [0.15, 0.2) is 9.84 Å². The van der Waals surface area contributed by atoms with Gasteiger partial charge in [0.2, 0.25) is 0 Å². The van der Waals surface area contributed by atoms with Gasteiger partial charge in [0.1, 0.15) is 9.46 Å². The van der Waals surface area contributed by atoms with E-state index in [1.807, 2.05) is 6.07 Å². The van der Waals surface area contributed by atoms with E-state index in [1.165, 1.54) is 11.3 Å². The Balaban J connectivity index is 1.87. The number of hydrogen-bond acceptors (Lipinski definition) is 4. The number of hydrogen-bond donors (Lipinski definition) is 1. The summed E-state index contributed by atoms with van der Waals surface area (Å²) in [6.07, 6.45) is 0. The van der Waals surface area contributed by atoms with Crippen LogP contribution >= 0.6 is 22.9 Å². The van der Waals surface area contributed by atoms with Crippen molar-refractivity contribution in [3.63, 3.8) is 0 Å². The van der Waals surface area contributed by atoms with Crippen molar-refractivity contribution in [3.05, 3.63) is 88.3 Å². The second kappa shape index (κ2) is 8.03. The first-order chi connectivity index (χ1) is 12.5. The Bertz CT molecular complexity index is 987. The highest BCUT2D eigenvalue weighted by molar-refractivity contribution is 7.93. The fourth-order valence-corrected chi connectivity index (χ4v) is 5.61. The van der Waals surface area contributed by atoms with Gasteiger partial charge in [-0.05, 0) is 35.2 Å². The summed E-state index contributed by atoms with van der Waals surface area (Å²) < 4.78 is 26.4. The first kappa shape index (κ1) is 18.6. The largest absolute Gasteiger partial charge is 0.350 e. The summed E-state index contributed by atoms with van der Waals surface area (Å²) in [5.41, 5.74) is 1.02. The lowest BCUT2D eigenvalue weighted by atomic mass is 10.1. The third-order valence-electron chi connectivity index (χ3n) is 3.86. The number of thiophene rings is 1. The van der Waals surface area contributed by atoms with Gasteiger partial charge < -0.3 is 5.32 Å². The van der Waals surface area contributed by atoms with Crippen LogP contribution in [0, 0.1) is 0 Å². The Morgan fingerprint density at radius 3 is 2.46 bits per heavy atom. The van der Waals surface area contributed by atoms with Crippen LogP contribution in [0.15, 0.2) is 76.3 Å². The van der Waals surface area contributed by atoms with Gasteiger partial charge >= 0.3 is 0 Å². The Labute approximate surface area is 161 Å². The van der Waals surface area contributed by atoms with E-state index in [4.69, 9.17) is 11.6 Å². The molecule has 1 N–H and O–H groups in total. The molecule has 0 fully saturated rings. The van der Waals surface area contributed by atoms with Crippen LogP contribution in [-0.4, -0.2) is 20.9 Å². The molecule has 0 saturated carbocycles. The summed E-state index contributed by atoms with van der Waals surface area (Å²) in [6.45, 7) is -0.0321. The van der Waals surface area contributed by atoms with E-state index in [1.54, 1.807) is 66.0 Å². The van der Waals surface area contributed by atoms with E-state index in [-0.39, 0.29) is 16.7 Å². The van der Waals surface area contributed by atoms with Gasteiger partial charge in [-0.15, -0.1) is 11.3 Å². The van der Waals surface area contributed by atoms with Gasteiger partial charge in [0, 0.05) is 17.1 Å². The summed E-state index contributed by atoms with van der Waals surface area (Å²) in [7, 11) is -3.62. The smallest absolute Gasteiger partial charge is 0.251 e. The molecule has 0 radical (unpaired) electrons. The molecule has 3 rings (SSSR count). The van der Waals surface area contributed by atoms with Crippen molar-refractivity contribution < 1.29 is 13.2 Å². The Morgan fingerprint density at radius 2 is 1.81 bits per heavy atom. The van der Waals surface area contributed by atoms with Crippen LogP contribution in [0.5, 0.6) is 0 Å². The standard InChI is InChI=1S/C19H16ClNO3S2/c20-16-9-4-8-15(12-16)19(22)21-13-17(14-6-2-1-3-7-14)26(23,24)18-10-5-11-25-18/h1-12,17H,13H2,(H,21,22)/t17-/m1/s1. The molecule has 3 aromatic rings. The average molecular weight is 406 g/mol. The monoisotopic (exact) mass is 405 g/mol. The average Bonchev–Trinajstić information content (AvgIpc) is 3.18. The summed E-state index contributed by atoms with van der Waals surface area (Å²) in [4.78, 5) is 12.4. The molecular formula is C19H16ClNO3S2. The minimum atomic E-state index is -3.62. The molecule has 0 unspecified atom stereocenters. The van der Waals surface area contributed by atoms with Gasteiger partial charge in [0.25, 0.3) is 5.91 Å². The molecule has 134 valence electrons. The van der Waals surface area contributed by atoms with E-state index in [9.17, 15) is 13.2 Å². The molecule has 0 spiro atoms. The lowest BCUT2D eigenvalue weighted by molar-refractivity contribution is 0.0953. The molecule has 0 bridgehead atoms. The van der Waals surface area contributed by atoms with Crippen molar-refractivity contribution in [1.29, 1.82) is 0 Å². The van der Waals surface area contributed by atoms with E-state index >= 15 is 0 Å². The SMILES string of the molecule is O=C(NC[C@H](c1ccccc1)S(=O)(=O)c1cccs1)c1cccc(Cl)c1. The van der Waals surface area contributed by atoms with Crippen molar-refractivity contribution >= 4 is 38.7 Å². The number of rotatable bonds is 6. The van der Waals surface area contributed by atoms with Gasteiger partial charge in [0.05, 0.1) is 0 Å². The van der Waals surface area contributed by atoms with Crippen LogP contribution in [0.25, 0.3) is 0 Å². The number of halogens is 1. The van der Waals surface area contributed by atoms with E-state index < -0.39 is 15.1 Å². The molecular weight excluding hydrogens is 390 g/mol. The van der Waals surface area contributed by atoms with Gasteiger partial charge in [-0.3, -0.25) is 4.79 Å². The zero-order chi connectivity index (χ0) is 18.6. The van der Waals surface area contributed by atoms with Crippen LogP contribution < -0.4 is 5.32 Å². The van der Waals surface area contributed by atoms with Crippen LogP contribution in [0.3, 0.4) is 0 Å². The van der Waals surface area contributed by atoms with Crippen molar-refractivity contribution in [3.8, 4) is 0 Å². The van der Waals surface area contributed by atoms with Crippen molar-refractivity contribution in [2.45, 2.75) is 9.46 Å². The first-order valence-electron chi connectivity index (χ1n) is 7.84. The molecule has 2 aromatic carbocycles. The lowest BCUT2D eigenvalue weighted by Gasteiger charge is -2.18. The number of carbonyl (C=O) groups excluding carboxylic acids is 1. The minimum Gasteiger partial charge on any atom is -0.350 e. The quantitative estimate of drug-likeness (QED) is 0.663. The summed E-state index contributed by atoms with van der Waals surface area (Å²) in [6, 6.07) is 18.7. The highest BCUT2D eigenvalue weighted by atomic mass is 35.5. The Hall–Kier alpha value is -2.15. The molecule has 4 nitrogen and oxygen atoms in total. The number of benzene rings is 2. The molecule has 0 saturated heterocycles. The topological polar surface area (TPSA) is 63.2 Å². The van der Waals surface area contributed by atoms with Crippen molar-refractivity contribution in [2.75, 3.05) is 6.54 Å². The lowest BCUT2D eigenvalue weighted by Crippen LogP contribution is -2.31. The highest BCUT2D eigenvalue weighted by Gasteiger charge is 2.30. The predicted molar refractivity (Wildman–Crippen MR) is 104 cm³/mol. The summed E-state index contributed by atoms with van der Waals surface area (Å²) in [5.74, 6) is -0.366. The van der Waals surface area contributed by atoms with E-state index in [2.05, 4.69) is 5.32 Å². The fraction of sp³-hybridized carbons (Fsp3) is 0.105. The minimum absolute atomic E-state index is 0.0321. The highest BCUT2D eigenvalue weighted by Crippen LogP contribution is 2.31. The van der Waals surface area contributed by atoms with Crippen molar-refractivity contribution in [2.24, 2.45) is 0 Å². The van der Waals surface area contributed by atoms with Crippen LogP contribution in [0.1, 0.15) is 21.2 Å². The van der Waals surface area contributed by atoms with E-state index in [0.29, 0.717) is 16.1 Å². The maximum absolute atomic E-state index is 13.0. The molecule has 1 heterocycles. The third kappa shape index (κ3) is 4.15. The number of sulfone groups is 1. The second-order valence-corrected chi connectivity index (χ2v) is 9.34. The fourth-order valence-electron chi connectivity index (χ4n) is 2.56. The van der Waals surface area contributed by atoms with Gasteiger partial charge in [-0.25, -0.2) is 8.42 Å². The molecule has 7 heteroatoms. The predicted octanol–water partition coefficient (Wildman–Crippen LogP) is 4.35. The van der Waals surface area contributed by atoms with E-state index in [0.717, 1.165) is 0 Å². The number of carbonyl (C=O) groups is 1. The molecule has 0 aliphatic rings. The second-order valence-electron chi connectivity index (χ2n) is 5.60. The molecule has 0 aliphatic heterocycles. The molecule has 1 atom stereocenters. The van der Waals surface area contributed by atoms with Crippen LogP contribution in [-0.2, 0) is 9.84 Å². The summed E-state index contributed by atoms with van der Waals surface area (Å²) in [5, 5.41) is 4.02. The van der Waals surface area contributed by atoms with Gasteiger partial charge in [-0.2, -0.15) is 0 Å². The molecule has 1 amide bonds.